The molecular formula is C28H29N5O3S. The Hall–Kier alpha value is -3.79. The Morgan fingerprint density at radius 2 is 1.84 bits per heavy atom. The number of hydrogen-bond donors (Lipinski definition) is 3. The molecule has 0 unspecified atom stereocenters. The van der Waals surface area contributed by atoms with E-state index < -0.39 is 5.91 Å². The summed E-state index contributed by atoms with van der Waals surface area (Å²) in [6.07, 6.45) is 5.88. The fourth-order valence-electron chi connectivity index (χ4n) is 4.31. The molecule has 4 aromatic rings. The molecule has 2 aromatic carbocycles. The summed E-state index contributed by atoms with van der Waals surface area (Å²) in [6.45, 7) is 3.03. The largest absolute Gasteiger partial charge is 0.399 e. The Morgan fingerprint density at radius 3 is 2.57 bits per heavy atom. The van der Waals surface area contributed by atoms with E-state index in [1.165, 1.54) is 16.5 Å². The molecule has 0 aliphatic carbocycles. The molecule has 1 saturated heterocycles. The molecule has 5 rings (SSSR count). The van der Waals surface area contributed by atoms with Crippen LogP contribution in [0, 0.1) is 0 Å². The van der Waals surface area contributed by atoms with Gasteiger partial charge >= 0.3 is 0 Å². The van der Waals surface area contributed by atoms with Gasteiger partial charge in [-0.05, 0) is 66.8 Å². The van der Waals surface area contributed by atoms with E-state index in [0.29, 0.717) is 19.0 Å². The highest BCUT2D eigenvalue weighted by Crippen LogP contribution is 2.35. The Balaban J connectivity index is 1.32. The van der Waals surface area contributed by atoms with Crippen LogP contribution in [0.1, 0.15) is 22.4 Å². The summed E-state index contributed by atoms with van der Waals surface area (Å²) in [6, 6.07) is 18.0. The number of nitrogens with one attached hydrogen (secondary N) is 1. The van der Waals surface area contributed by atoms with Crippen LogP contribution in [-0.4, -0.2) is 47.4 Å². The molecule has 1 fully saturated rings. The zero-order valence-corrected chi connectivity index (χ0v) is 21.2. The number of anilines is 2. The first-order valence-electron chi connectivity index (χ1n) is 12.3. The minimum Gasteiger partial charge on any atom is -0.399 e. The molecule has 4 N–H and O–H groups in total. The number of aryl methyl sites for hydroxylation is 2. The number of carbonyl (C=O) groups excluding carboxylic acids is 1. The van der Waals surface area contributed by atoms with Crippen molar-refractivity contribution < 1.29 is 14.7 Å². The molecule has 190 valence electrons. The minimum atomic E-state index is -0.547. The van der Waals surface area contributed by atoms with Gasteiger partial charge in [0.25, 0.3) is 5.91 Å². The van der Waals surface area contributed by atoms with Crippen LogP contribution in [0.15, 0.2) is 60.7 Å². The molecule has 1 amide bonds. The molecule has 1 aliphatic heterocycles. The van der Waals surface area contributed by atoms with Gasteiger partial charge in [0, 0.05) is 35.3 Å². The highest BCUT2D eigenvalue weighted by atomic mass is 32.1. The first kappa shape index (κ1) is 24.9. The fourth-order valence-corrected chi connectivity index (χ4v) is 5.46. The van der Waals surface area contributed by atoms with Gasteiger partial charge in [0.05, 0.1) is 23.4 Å². The van der Waals surface area contributed by atoms with Gasteiger partial charge in [-0.2, -0.15) is 0 Å². The lowest BCUT2D eigenvalue weighted by Crippen LogP contribution is -2.36. The first-order chi connectivity index (χ1) is 18.1. The average molecular weight is 516 g/mol. The van der Waals surface area contributed by atoms with Crippen LogP contribution in [0.2, 0.25) is 0 Å². The topological polar surface area (TPSA) is 114 Å². The predicted molar refractivity (Wildman–Crippen MR) is 148 cm³/mol. The maximum Gasteiger partial charge on any atom is 0.267 e. The maximum absolute atomic E-state index is 11.1. The number of thiophene rings is 1. The summed E-state index contributed by atoms with van der Waals surface area (Å²) >= 11 is 1.78. The first-order valence-corrected chi connectivity index (χ1v) is 13.1. The molecule has 0 atom stereocenters. The van der Waals surface area contributed by atoms with E-state index >= 15 is 0 Å². The zero-order valence-electron chi connectivity index (χ0n) is 20.4. The summed E-state index contributed by atoms with van der Waals surface area (Å²) in [4.78, 5) is 24.6. The van der Waals surface area contributed by atoms with Crippen LogP contribution >= 0.6 is 11.3 Å². The van der Waals surface area contributed by atoms with Crippen molar-refractivity contribution >= 4 is 45.0 Å². The number of rotatable bonds is 8. The smallest absolute Gasteiger partial charge is 0.267 e. The van der Waals surface area contributed by atoms with Crippen molar-refractivity contribution in [2.45, 2.75) is 19.3 Å². The zero-order chi connectivity index (χ0) is 25.6. The molecule has 37 heavy (non-hydrogen) atoms. The van der Waals surface area contributed by atoms with E-state index in [1.54, 1.807) is 22.9 Å². The lowest BCUT2D eigenvalue weighted by Gasteiger charge is -2.28. The Bertz CT molecular complexity index is 1390. The highest BCUT2D eigenvalue weighted by Gasteiger charge is 2.20. The summed E-state index contributed by atoms with van der Waals surface area (Å²) in [5.74, 6) is 1.15. The number of ether oxygens (including phenoxy) is 1. The number of morpholine rings is 1. The number of aromatic nitrogens is 2. The van der Waals surface area contributed by atoms with Crippen molar-refractivity contribution in [1.82, 2.24) is 15.4 Å². The molecule has 0 radical (unpaired) electrons. The molecular weight excluding hydrogens is 486 g/mol. The predicted octanol–water partition coefficient (Wildman–Crippen LogP) is 4.47. The van der Waals surface area contributed by atoms with E-state index in [1.807, 2.05) is 36.4 Å². The number of nitrogens with two attached hydrogens (primary N) is 1. The second-order valence-electron chi connectivity index (χ2n) is 8.92. The minimum absolute atomic E-state index is 0.547. The quantitative estimate of drug-likeness (QED) is 0.137. The van der Waals surface area contributed by atoms with Crippen LogP contribution in [0.3, 0.4) is 0 Å². The SMILES string of the molecule is Nc1ccc(-c2nc(N3CCOCC3)c3sc(CCCc4ccc(/C=C/C(=O)NO)cc4)cc3n2)cc1. The van der Waals surface area contributed by atoms with E-state index in [4.69, 9.17) is 25.6 Å². The summed E-state index contributed by atoms with van der Waals surface area (Å²) in [5, 5.41) is 8.58. The molecule has 0 spiro atoms. The highest BCUT2D eigenvalue weighted by molar-refractivity contribution is 7.19. The number of fused-ring (bicyclic) bond motifs is 1. The summed E-state index contributed by atoms with van der Waals surface area (Å²) < 4.78 is 6.70. The van der Waals surface area contributed by atoms with Crippen LogP contribution < -0.4 is 16.1 Å². The summed E-state index contributed by atoms with van der Waals surface area (Å²) in [5.41, 5.74) is 12.3. The van der Waals surface area contributed by atoms with Crippen LogP contribution in [-0.2, 0) is 22.4 Å². The van der Waals surface area contributed by atoms with Crippen molar-refractivity contribution in [1.29, 1.82) is 0 Å². The molecule has 0 saturated carbocycles. The van der Waals surface area contributed by atoms with Gasteiger partial charge in [0.1, 0.15) is 0 Å². The van der Waals surface area contributed by atoms with Gasteiger partial charge < -0.3 is 15.4 Å². The monoisotopic (exact) mass is 515 g/mol. The van der Waals surface area contributed by atoms with Gasteiger partial charge in [-0.25, -0.2) is 15.4 Å². The Labute approximate surface area is 219 Å². The fraction of sp³-hybridized carbons (Fsp3) is 0.250. The number of hydroxylamine groups is 1. The van der Waals surface area contributed by atoms with E-state index in [-0.39, 0.29) is 0 Å². The van der Waals surface area contributed by atoms with E-state index in [9.17, 15) is 4.79 Å². The molecule has 1 aliphatic rings. The molecule has 9 heteroatoms. The van der Waals surface area contributed by atoms with Crippen LogP contribution in [0.5, 0.6) is 0 Å². The normalized spacial score (nSPS) is 13.9. The van der Waals surface area contributed by atoms with Crippen LogP contribution in [0.25, 0.3) is 27.7 Å². The van der Waals surface area contributed by atoms with Gasteiger partial charge in [-0.1, -0.05) is 24.3 Å². The number of carbonyl (C=O) groups is 1. The average Bonchev–Trinajstić information content (AvgIpc) is 3.35. The second kappa shape index (κ2) is 11.5. The van der Waals surface area contributed by atoms with Crippen molar-refractivity contribution in [3.63, 3.8) is 0 Å². The van der Waals surface area contributed by atoms with E-state index in [2.05, 4.69) is 23.1 Å². The van der Waals surface area contributed by atoms with Crippen molar-refractivity contribution in [2.75, 3.05) is 36.9 Å². The van der Waals surface area contributed by atoms with E-state index in [0.717, 1.165) is 65.2 Å². The van der Waals surface area contributed by atoms with Gasteiger partial charge in [-0.15, -0.1) is 11.3 Å². The molecule has 0 bridgehead atoms. The van der Waals surface area contributed by atoms with Gasteiger partial charge in [-0.3, -0.25) is 10.0 Å². The van der Waals surface area contributed by atoms with Gasteiger partial charge in [0.2, 0.25) is 0 Å². The van der Waals surface area contributed by atoms with Crippen molar-refractivity contribution in [3.8, 4) is 11.4 Å². The number of amides is 1. The van der Waals surface area contributed by atoms with Crippen LogP contribution in [0.4, 0.5) is 11.5 Å². The molecule has 2 aromatic heterocycles. The number of hydrogen-bond acceptors (Lipinski definition) is 8. The van der Waals surface area contributed by atoms with Crippen molar-refractivity contribution in [3.05, 3.63) is 76.7 Å². The number of nitrogens with zero attached hydrogens (tertiary/aromatic N) is 3. The Morgan fingerprint density at radius 1 is 1.08 bits per heavy atom. The maximum atomic E-state index is 11.1. The standard InChI is InChI=1S/C28H29N5O3S/c29-22-11-9-21(10-12-22)27-30-24-18-23(37-26(24)28(31-27)33-14-16-36-17-15-33)3-1-2-19-4-6-20(7-5-19)8-13-25(34)32-35/h4-13,18,35H,1-3,14-17,29H2,(H,32,34)/b13-8+. The van der Waals surface area contributed by atoms with Gasteiger partial charge in [0.15, 0.2) is 11.6 Å². The Kier molecular flexibility index (Phi) is 7.74. The lowest BCUT2D eigenvalue weighted by molar-refractivity contribution is -0.124. The summed E-state index contributed by atoms with van der Waals surface area (Å²) in [7, 11) is 0. The molecule has 3 heterocycles. The lowest BCUT2D eigenvalue weighted by atomic mass is 10.1. The van der Waals surface area contributed by atoms with Crippen molar-refractivity contribution in [2.24, 2.45) is 0 Å². The third kappa shape index (κ3) is 6.14. The number of benzene rings is 2. The number of nitrogen functional groups attached to an aromatic ring is 1. The third-order valence-corrected chi connectivity index (χ3v) is 7.47. The third-order valence-electron chi connectivity index (χ3n) is 6.29. The second-order valence-corrected chi connectivity index (χ2v) is 10.1. The molecule has 8 nitrogen and oxygen atoms in total.